The fourth-order valence-electron chi connectivity index (χ4n) is 2.26. The van der Waals surface area contributed by atoms with Crippen LogP contribution in [0, 0.1) is 0 Å². The van der Waals surface area contributed by atoms with Gasteiger partial charge in [0.25, 0.3) is 0 Å². The van der Waals surface area contributed by atoms with Crippen molar-refractivity contribution < 1.29 is 22.7 Å². The van der Waals surface area contributed by atoms with E-state index >= 15 is 0 Å². The number of nitrogens with zero attached hydrogens (tertiary/aromatic N) is 2. The van der Waals surface area contributed by atoms with E-state index in [0.717, 1.165) is 0 Å². The quantitative estimate of drug-likeness (QED) is 0.715. The molecule has 0 aromatic carbocycles. The summed E-state index contributed by atoms with van der Waals surface area (Å²) < 4.78 is 41.4. The first kappa shape index (κ1) is 17.2. The van der Waals surface area contributed by atoms with Crippen LogP contribution in [-0.4, -0.2) is 81.4 Å². The van der Waals surface area contributed by atoms with Gasteiger partial charge in [-0.25, -0.2) is 0 Å². The summed E-state index contributed by atoms with van der Waals surface area (Å²) in [7, 11) is 3.02. The van der Waals surface area contributed by atoms with Gasteiger partial charge in [0.15, 0.2) is 0 Å². The summed E-state index contributed by atoms with van der Waals surface area (Å²) >= 11 is 0. The van der Waals surface area contributed by atoms with Gasteiger partial charge in [-0.3, -0.25) is 9.69 Å². The van der Waals surface area contributed by atoms with E-state index in [2.05, 4.69) is 15.0 Å². The summed E-state index contributed by atoms with van der Waals surface area (Å²) in [4.78, 5) is 14.9. The smallest absolute Gasteiger partial charge is 0.401 e. The van der Waals surface area contributed by atoms with Gasteiger partial charge in [0.05, 0.1) is 13.7 Å². The van der Waals surface area contributed by atoms with Crippen LogP contribution in [0.15, 0.2) is 0 Å². The van der Waals surface area contributed by atoms with Crippen LogP contribution in [-0.2, 0) is 9.53 Å². The van der Waals surface area contributed by atoms with Crippen molar-refractivity contribution in [3.05, 3.63) is 0 Å². The Labute approximate surface area is 117 Å². The highest BCUT2D eigenvalue weighted by Gasteiger charge is 2.32. The molecule has 0 bridgehead atoms. The first-order valence-corrected chi connectivity index (χ1v) is 6.62. The van der Waals surface area contributed by atoms with Gasteiger partial charge in [-0.2, -0.15) is 13.2 Å². The molecule has 20 heavy (non-hydrogen) atoms. The molecule has 1 atom stereocenters. The van der Waals surface area contributed by atoms with Crippen molar-refractivity contribution in [1.82, 2.24) is 15.1 Å². The van der Waals surface area contributed by atoms with Crippen LogP contribution in [0.2, 0.25) is 0 Å². The normalized spacial score (nSPS) is 19.9. The second-order valence-electron chi connectivity index (χ2n) is 4.89. The molecule has 0 aromatic rings. The van der Waals surface area contributed by atoms with Gasteiger partial charge < -0.3 is 15.0 Å². The van der Waals surface area contributed by atoms with Crippen LogP contribution < -0.4 is 5.32 Å². The lowest BCUT2D eigenvalue weighted by Crippen LogP contribution is -2.50. The number of carbonyl (C=O) groups excluding carboxylic acids is 1. The molecule has 118 valence electrons. The third kappa shape index (κ3) is 6.06. The van der Waals surface area contributed by atoms with Crippen molar-refractivity contribution in [3.8, 4) is 0 Å². The number of esters is 1. The number of halogens is 3. The molecule has 1 aliphatic rings. The molecule has 1 N–H and O–H groups in total. The second-order valence-corrected chi connectivity index (χ2v) is 4.89. The number of methoxy groups -OCH3 is 1. The highest BCUT2D eigenvalue weighted by molar-refractivity contribution is 5.75. The fourth-order valence-corrected chi connectivity index (χ4v) is 2.26. The largest absolute Gasteiger partial charge is 0.468 e. The van der Waals surface area contributed by atoms with Crippen LogP contribution in [0.1, 0.15) is 6.42 Å². The molecule has 0 radical (unpaired) electrons. The van der Waals surface area contributed by atoms with Gasteiger partial charge in [-0.05, 0) is 13.5 Å². The Kier molecular flexibility index (Phi) is 6.70. The van der Waals surface area contributed by atoms with E-state index in [4.69, 9.17) is 0 Å². The summed E-state index contributed by atoms with van der Waals surface area (Å²) in [5.41, 5.74) is 0. The van der Waals surface area contributed by atoms with Gasteiger partial charge in [-0.15, -0.1) is 0 Å². The first-order chi connectivity index (χ1) is 9.35. The van der Waals surface area contributed by atoms with Crippen molar-refractivity contribution in [2.75, 3.05) is 53.4 Å². The minimum atomic E-state index is -4.13. The molecule has 0 saturated carbocycles. The number of likely N-dealkylation sites (N-methyl/N-ethyl adjacent to an activating group) is 1. The molecule has 5 nitrogen and oxygen atoms in total. The first-order valence-electron chi connectivity index (χ1n) is 6.62. The summed E-state index contributed by atoms with van der Waals surface area (Å²) in [6.07, 6.45) is -3.55. The molecule has 0 amide bonds. The molecule has 1 rings (SSSR count). The molecule has 1 unspecified atom stereocenters. The average molecular weight is 297 g/mol. The Bertz CT molecular complexity index is 305. The zero-order valence-electron chi connectivity index (χ0n) is 11.9. The monoisotopic (exact) mass is 297 g/mol. The van der Waals surface area contributed by atoms with Gasteiger partial charge in [0.1, 0.15) is 6.04 Å². The van der Waals surface area contributed by atoms with Crippen LogP contribution >= 0.6 is 0 Å². The molecule has 1 aliphatic heterocycles. The Hall–Kier alpha value is -0.860. The van der Waals surface area contributed by atoms with E-state index in [1.54, 1.807) is 7.05 Å². The van der Waals surface area contributed by atoms with Crippen LogP contribution in [0.3, 0.4) is 0 Å². The highest BCUT2D eigenvalue weighted by atomic mass is 19.4. The number of nitrogens with one attached hydrogen (secondary N) is 1. The third-order valence-corrected chi connectivity index (χ3v) is 3.44. The SMILES string of the molecule is CNC(CCN1CCN(CC(F)(F)F)CC1)C(=O)OC. The molecule has 1 saturated heterocycles. The summed E-state index contributed by atoms with van der Waals surface area (Å²) in [5, 5.41) is 2.87. The van der Waals surface area contributed by atoms with Crippen LogP contribution in [0.5, 0.6) is 0 Å². The number of ether oxygens (including phenoxy) is 1. The molecule has 1 fully saturated rings. The number of rotatable bonds is 6. The van der Waals surface area contributed by atoms with Gasteiger partial charge >= 0.3 is 12.1 Å². The summed E-state index contributed by atoms with van der Waals surface area (Å²) in [6, 6.07) is -0.367. The van der Waals surface area contributed by atoms with E-state index in [1.807, 2.05) is 0 Å². The zero-order valence-corrected chi connectivity index (χ0v) is 11.9. The maximum atomic E-state index is 12.2. The van der Waals surface area contributed by atoms with Gasteiger partial charge in [-0.1, -0.05) is 0 Å². The highest BCUT2D eigenvalue weighted by Crippen LogP contribution is 2.17. The van der Waals surface area contributed by atoms with E-state index in [0.29, 0.717) is 39.1 Å². The molecular weight excluding hydrogens is 275 g/mol. The Morgan fingerprint density at radius 1 is 1.25 bits per heavy atom. The predicted molar refractivity (Wildman–Crippen MR) is 68.4 cm³/mol. The van der Waals surface area contributed by atoms with Crippen molar-refractivity contribution in [1.29, 1.82) is 0 Å². The lowest BCUT2D eigenvalue weighted by molar-refractivity contribution is -0.149. The number of carbonyl (C=O) groups is 1. The minimum absolute atomic E-state index is 0.316. The molecule has 0 aromatic heterocycles. The predicted octanol–water partition coefficient (Wildman–Crippen LogP) is 0.317. The van der Waals surface area contributed by atoms with E-state index in [1.165, 1.54) is 12.0 Å². The Morgan fingerprint density at radius 2 is 1.80 bits per heavy atom. The van der Waals surface area contributed by atoms with Crippen molar-refractivity contribution in [3.63, 3.8) is 0 Å². The number of hydrogen-bond acceptors (Lipinski definition) is 5. The molecule has 8 heteroatoms. The van der Waals surface area contributed by atoms with Crippen molar-refractivity contribution >= 4 is 5.97 Å². The lowest BCUT2D eigenvalue weighted by atomic mass is 10.2. The molecule has 0 spiro atoms. The van der Waals surface area contributed by atoms with Crippen LogP contribution in [0.4, 0.5) is 13.2 Å². The fraction of sp³-hybridized carbons (Fsp3) is 0.917. The standard InChI is InChI=1S/C12H22F3N3O2/c1-16-10(11(19)20-2)3-4-17-5-7-18(8-6-17)9-12(13,14)15/h10,16H,3-9H2,1-2H3. The maximum absolute atomic E-state index is 12.2. The average Bonchev–Trinajstić information content (AvgIpc) is 2.39. The second kappa shape index (κ2) is 7.80. The summed E-state index contributed by atoms with van der Waals surface area (Å²) in [6.45, 7) is 1.81. The number of hydrogen-bond donors (Lipinski definition) is 1. The van der Waals surface area contributed by atoms with Crippen molar-refractivity contribution in [2.24, 2.45) is 0 Å². The Morgan fingerprint density at radius 3 is 2.25 bits per heavy atom. The third-order valence-electron chi connectivity index (χ3n) is 3.44. The van der Waals surface area contributed by atoms with E-state index < -0.39 is 12.7 Å². The maximum Gasteiger partial charge on any atom is 0.401 e. The molecule has 0 aliphatic carbocycles. The minimum Gasteiger partial charge on any atom is -0.468 e. The topological polar surface area (TPSA) is 44.8 Å². The number of alkyl halides is 3. The van der Waals surface area contributed by atoms with E-state index in [9.17, 15) is 18.0 Å². The lowest BCUT2D eigenvalue weighted by Gasteiger charge is -2.35. The van der Waals surface area contributed by atoms with Crippen molar-refractivity contribution in [2.45, 2.75) is 18.6 Å². The molecule has 1 heterocycles. The molecular formula is C12H22F3N3O2. The van der Waals surface area contributed by atoms with Gasteiger partial charge in [0.2, 0.25) is 0 Å². The van der Waals surface area contributed by atoms with Crippen LogP contribution in [0.25, 0.3) is 0 Å². The zero-order chi connectivity index (χ0) is 15.2. The Balaban J connectivity index is 2.27. The summed E-state index contributed by atoms with van der Waals surface area (Å²) in [5.74, 6) is -0.316. The van der Waals surface area contributed by atoms with Gasteiger partial charge in [0, 0.05) is 32.7 Å². The number of piperazine rings is 1. The van der Waals surface area contributed by atoms with E-state index in [-0.39, 0.29) is 12.0 Å².